The fraction of sp³-hybridized carbons (Fsp3) is 0.643. The molecule has 20 heavy (non-hydrogen) atoms. The van der Waals surface area contributed by atoms with Gasteiger partial charge in [-0.25, -0.2) is 9.99 Å². The third kappa shape index (κ3) is 2.47. The molecule has 6 heteroatoms. The highest BCUT2D eigenvalue weighted by molar-refractivity contribution is 6.12. The van der Waals surface area contributed by atoms with Gasteiger partial charge in [0, 0.05) is 13.2 Å². The van der Waals surface area contributed by atoms with Gasteiger partial charge in [-0.05, 0) is 26.7 Å². The number of hydrazone groups is 1. The molecule has 3 heterocycles. The number of rotatable bonds is 2. The Morgan fingerprint density at radius 3 is 2.60 bits per heavy atom. The monoisotopic (exact) mass is 276 g/mol. The van der Waals surface area contributed by atoms with Crippen molar-refractivity contribution in [1.29, 1.82) is 0 Å². The quantitative estimate of drug-likeness (QED) is 0.818. The first kappa shape index (κ1) is 13.3. The number of nitrogens with zero attached hydrogens (tertiary/aromatic N) is 4. The molecule has 3 rings (SSSR count). The summed E-state index contributed by atoms with van der Waals surface area (Å²) in [6, 6.07) is 0.141. The van der Waals surface area contributed by atoms with Crippen LogP contribution < -0.4 is 0 Å². The maximum absolute atomic E-state index is 12.2. The minimum atomic E-state index is 0.0666. The van der Waals surface area contributed by atoms with Crippen LogP contribution in [0.25, 0.3) is 0 Å². The van der Waals surface area contributed by atoms with Gasteiger partial charge in [0.2, 0.25) is 5.91 Å². The molecule has 1 amide bonds. The molecule has 0 aliphatic carbocycles. The van der Waals surface area contributed by atoms with Gasteiger partial charge in [-0.3, -0.25) is 4.79 Å². The number of amides is 1. The second-order valence-electron chi connectivity index (χ2n) is 5.77. The molecule has 0 bridgehead atoms. The molecule has 0 N–H and O–H groups in total. The summed E-state index contributed by atoms with van der Waals surface area (Å²) in [5, 5.41) is 6.17. The lowest BCUT2D eigenvalue weighted by atomic mass is 9.99. The molecule has 1 fully saturated rings. The lowest BCUT2D eigenvalue weighted by molar-refractivity contribution is -0.135. The average Bonchev–Trinajstić information content (AvgIpc) is 2.94. The number of imidazole rings is 1. The van der Waals surface area contributed by atoms with Gasteiger partial charge in [-0.15, -0.1) is 0 Å². The lowest BCUT2D eigenvalue weighted by Gasteiger charge is -2.35. The van der Waals surface area contributed by atoms with Gasteiger partial charge in [0.1, 0.15) is 5.69 Å². The van der Waals surface area contributed by atoms with E-state index >= 15 is 0 Å². The van der Waals surface area contributed by atoms with Crippen LogP contribution in [0, 0.1) is 0 Å². The van der Waals surface area contributed by atoms with Crippen LogP contribution in [0.5, 0.6) is 0 Å². The first-order valence-electron chi connectivity index (χ1n) is 7.06. The zero-order valence-corrected chi connectivity index (χ0v) is 12.1. The molecule has 2 aliphatic rings. The first-order chi connectivity index (χ1) is 9.52. The third-order valence-electron chi connectivity index (χ3n) is 3.82. The van der Waals surface area contributed by atoms with Crippen LogP contribution in [0.1, 0.15) is 38.8 Å². The third-order valence-corrected chi connectivity index (χ3v) is 3.82. The highest BCUT2D eigenvalue weighted by Gasteiger charge is 2.36. The van der Waals surface area contributed by atoms with Crippen LogP contribution in [0.3, 0.4) is 0 Å². The van der Waals surface area contributed by atoms with Crippen LogP contribution >= 0.6 is 0 Å². The summed E-state index contributed by atoms with van der Waals surface area (Å²) in [6.45, 7) is 4.10. The summed E-state index contributed by atoms with van der Waals surface area (Å²) in [5.41, 5.74) is 1.55. The van der Waals surface area contributed by atoms with Crippen LogP contribution in [-0.4, -0.2) is 44.4 Å². The van der Waals surface area contributed by atoms with E-state index in [1.54, 1.807) is 11.3 Å². The summed E-state index contributed by atoms with van der Waals surface area (Å²) >= 11 is 0. The minimum absolute atomic E-state index is 0.0666. The zero-order valence-electron chi connectivity index (χ0n) is 12.1. The van der Waals surface area contributed by atoms with Gasteiger partial charge in [-0.1, -0.05) is 0 Å². The van der Waals surface area contributed by atoms with Crippen molar-refractivity contribution in [1.82, 2.24) is 14.6 Å². The highest BCUT2D eigenvalue weighted by Crippen LogP contribution is 2.27. The number of hydrogen-bond donors (Lipinski definition) is 0. The van der Waals surface area contributed by atoms with E-state index < -0.39 is 0 Å². The molecule has 0 radical (unpaired) electrons. The van der Waals surface area contributed by atoms with E-state index in [-0.39, 0.29) is 24.2 Å². The van der Waals surface area contributed by atoms with Crippen LogP contribution in [0.15, 0.2) is 17.6 Å². The Hall–Kier alpha value is -1.69. The molecule has 6 nitrogen and oxygen atoms in total. The summed E-state index contributed by atoms with van der Waals surface area (Å²) in [4.78, 5) is 16.5. The Labute approximate surface area is 118 Å². The summed E-state index contributed by atoms with van der Waals surface area (Å²) < 4.78 is 7.59. The van der Waals surface area contributed by atoms with Crippen LogP contribution in [0.4, 0.5) is 0 Å². The van der Waals surface area contributed by atoms with E-state index in [2.05, 4.69) is 10.1 Å². The molecular formula is C14H20N4O2. The fourth-order valence-corrected chi connectivity index (χ4v) is 3.00. The topological polar surface area (TPSA) is 59.7 Å². The maximum atomic E-state index is 12.2. The molecule has 1 aromatic rings. The van der Waals surface area contributed by atoms with Crippen molar-refractivity contribution in [2.75, 3.05) is 0 Å². The summed E-state index contributed by atoms with van der Waals surface area (Å²) in [7, 11) is 1.91. The number of ether oxygens (including phenoxy) is 1. The van der Waals surface area contributed by atoms with Crippen LogP contribution in [-0.2, 0) is 16.6 Å². The molecule has 1 aromatic heterocycles. The molecule has 2 atom stereocenters. The number of hydrogen-bond acceptors (Lipinski definition) is 4. The SMILES string of the molecule is CC1CC(N2N=C(c3cn(C)cn3)CC2=O)CC(C)O1. The van der Waals surface area contributed by atoms with E-state index in [1.807, 2.05) is 31.7 Å². The van der Waals surface area contributed by atoms with Gasteiger partial charge >= 0.3 is 0 Å². The number of aryl methyl sites for hydroxylation is 1. The summed E-state index contributed by atoms with van der Waals surface area (Å²) in [6.07, 6.45) is 5.99. The number of carbonyl (C=O) groups is 1. The Morgan fingerprint density at radius 2 is 2.00 bits per heavy atom. The van der Waals surface area contributed by atoms with Gasteiger partial charge < -0.3 is 9.30 Å². The largest absolute Gasteiger partial charge is 0.375 e. The first-order valence-corrected chi connectivity index (χ1v) is 7.06. The van der Waals surface area contributed by atoms with Crippen molar-refractivity contribution in [2.45, 2.75) is 51.4 Å². The molecular weight excluding hydrogens is 256 g/mol. The van der Waals surface area contributed by atoms with Crippen molar-refractivity contribution in [2.24, 2.45) is 12.1 Å². The number of aromatic nitrogens is 2. The molecule has 1 saturated heterocycles. The second kappa shape index (κ2) is 5.01. The van der Waals surface area contributed by atoms with Gasteiger partial charge in [0.15, 0.2) is 0 Å². The van der Waals surface area contributed by atoms with E-state index in [1.165, 1.54) is 0 Å². The van der Waals surface area contributed by atoms with Crippen molar-refractivity contribution in [3.63, 3.8) is 0 Å². The maximum Gasteiger partial charge on any atom is 0.249 e. The zero-order chi connectivity index (χ0) is 14.3. The average molecular weight is 276 g/mol. The van der Waals surface area contributed by atoms with E-state index in [0.29, 0.717) is 6.42 Å². The van der Waals surface area contributed by atoms with Gasteiger partial charge in [0.25, 0.3) is 0 Å². The second-order valence-corrected chi connectivity index (χ2v) is 5.77. The van der Waals surface area contributed by atoms with Crippen molar-refractivity contribution in [3.05, 3.63) is 18.2 Å². The predicted octanol–water partition coefficient (Wildman–Crippen LogP) is 1.31. The smallest absolute Gasteiger partial charge is 0.249 e. The standard InChI is InChI=1S/C14H20N4O2/c1-9-4-11(5-10(2)20-9)18-14(19)6-12(16-18)13-7-17(3)8-15-13/h7-11H,4-6H2,1-3H3. The van der Waals surface area contributed by atoms with Gasteiger partial charge in [-0.2, -0.15) is 5.10 Å². The Balaban J connectivity index is 1.80. The molecule has 2 unspecified atom stereocenters. The van der Waals surface area contributed by atoms with Crippen LogP contribution in [0.2, 0.25) is 0 Å². The Morgan fingerprint density at radius 1 is 1.30 bits per heavy atom. The van der Waals surface area contributed by atoms with E-state index in [0.717, 1.165) is 24.2 Å². The molecule has 0 saturated carbocycles. The van der Waals surface area contributed by atoms with Crippen molar-refractivity contribution < 1.29 is 9.53 Å². The highest BCUT2D eigenvalue weighted by atomic mass is 16.5. The number of carbonyl (C=O) groups excluding carboxylic acids is 1. The fourth-order valence-electron chi connectivity index (χ4n) is 3.00. The molecule has 108 valence electrons. The normalized spacial score (nSPS) is 30.8. The van der Waals surface area contributed by atoms with E-state index in [9.17, 15) is 4.79 Å². The van der Waals surface area contributed by atoms with E-state index in [4.69, 9.17) is 4.74 Å². The molecule has 2 aliphatic heterocycles. The Kier molecular flexibility index (Phi) is 3.33. The van der Waals surface area contributed by atoms with Crippen molar-refractivity contribution in [3.8, 4) is 0 Å². The predicted molar refractivity (Wildman–Crippen MR) is 74.2 cm³/mol. The van der Waals surface area contributed by atoms with Crippen molar-refractivity contribution >= 4 is 11.6 Å². The molecule has 0 spiro atoms. The van der Waals surface area contributed by atoms with Gasteiger partial charge in [0.05, 0.1) is 36.7 Å². The minimum Gasteiger partial charge on any atom is -0.375 e. The summed E-state index contributed by atoms with van der Waals surface area (Å²) in [5.74, 6) is 0.0666. The lowest BCUT2D eigenvalue weighted by Crippen LogP contribution is -2.42. The Bertz CT molecular complexity index is 541. The molecule has 0 aromatic carbocycles.